The molecule has 2 N–H and O–H groups in total. The molecule has 1 aliphatic rings. The molecule has 7 nitrogen and oxygen atoms in total. The summed E-state index contributed by atoms with van der Waals surface area (Å²) in [6, 6.07) is 4.85. The molecule has 0 spiro atoms. The van der Waals surface area contributed by atoms with Crippen molar-refractivity contribution in [2.24, 2.45) is 5.92 Å². The molecule has 0 radical (unpaired) electrons. The topological polar surface area (TPSA) is 83.0 Å². The SMILES string of the molecule is CCn1c(CNC(=O)C2CC(=O)N(Cc3cccc(C(F)(F)F)c3)C2)n[nH]c1=S. The quantitative estimate of drug-likeness (QED) is 0.695. The van der Waals surface area contributed by atoms with Crippen molar-refractivity contribution >= 4 is 24.0 Å². The Kier molecular flexibility index (Phi) is 6.06. The molecule has 0 saturated carbocycles. The van der Waals surface area contributed by atoms with Gasteiger partial charge >= 0.3 is 6.18 Å². The lowest BCUT2D eigenvalue weighted by molar-refractivity contribution is -0.137. The number of benzene rings is 1. The van der Waals surface area contributed by atoms with Crippen LogP contribution in [0.3, 0.4) is 0 Å². The number of aromatic amines is 1. The van der Waals surface area contributed by atoms with E-state index in [1.54, 1.807) is 4.57 Å². The molecular formula is C18H20F3N5O2S. The minimum absolute atomic E-state index is 0.0193. The Morgan fingerprint density at radius 3 is 2.86 bits per heavy atom. The molecule has 1 unspecified atom stereocenters. The zero-order valence-electron chi connectivity index (χ0n) is 15.6. The van der Waals surface area contributed by atoms with E-state index in [1.807, 2.05) is 6.92 Å². The predicted octanol–water partition coefficient (Wildman–Crippen LogP) is 2.64. The first kappa shape index (κ1) is 21.0. The molecule has 29 heavy (non-hydrogen) atoms. The summed E-state index contributed by atoms with van der Waals surface area (Å²) in [6.45, 7) is 2.85. The maximum atomic E-state index is 12.9. The predicted molar refractivity (Wildman–Crippen MR) is 99.9 cm³/mol. The number of nitrogens with one attached hydrogen (secondary N) is 2. The molecule has 2 heterocycles. The van der Waals surface area contributed by atoms with E-state index in [1.165, 1.54) is 17.0 Å². The van der Waals surface area contributed by atoms with Crippen LogP contribution in [0.4, 0.5) is 13.2 Å². The first-order valence-electron chi connectivity index (χ1n) is 9.04. The second-order valence-electron chi connectivity index (χ2n) is 6.78. The van der Waals surface area contributed by atoms with E-state index in [-0.39, 0.29) is 37.9 Å². The van der Waals surface area contributed by atoms with Gasteiger partial charge in [0, 0.05) is 26.1 Å². The number of hydrogen-bond acceptors (Lipinski definition) is 4. The van der Waals surface area contributed by atoms with Gasteiger partial charge in [-0.15, -0.1) is 0 Å². The highest BCUT2D eigenvalue weighted by Crippen LogP contribution is 2.30. The standard InChI is InChI=1S/C18H20F3N5O2S/c1-2-26-14(23-24-17(26)29)8-22-16(28)12-7-15(27)25(10-12)9-11-4-3-5-13(6-11)18(19,20)21/h3-6,12H,2,7-10H2,1H3,(H,22,28)(H,24,29). The fourth-order valence-corrected chi connectivity index (χ4v) is 3.57. The third kappa shape index (κ3) is 4.84. The number of carbonyl (C=O) groups excluding carboxylic acids is 2. The minimum atomic E-state index is -4.44. The molecule has 0 aliphatic carbocycles. The Balaban J connectivity index is 1.60. The zero-order valence-corrected chi connectivity index (χ0v) is 16.4. The van der Waals surface area contributed by atoms with Crippen molar-refractivity contribution in [3.8, 4) is 0 Å². The molecule has 2 amide bonds. The van der Waals surface area contributed by atoms with Crippen LogP contribution in [-0.2, 0) is 35.4 Å². The molecule has 1 atom stereocenters. The number of hydrogen-bond donors (Lipinski definition) is 2. The number of nitrogens with zero attached hydrogens (tertiary/aromatic N) is 3. The van der Waals surface area contributed by atoms with Crippen molar-refractivity contribution in [2.45, 2.75) is 39.2 Å². The molecule has 0 bridgehead atoms. The number of amides is 2. The summed E-state index contributed by atoms with van der Waals surface area (Å²) in [5.74, 6) is -0.554. The molecule has 1 aromatic carbocycles. The van der Waals surface area contributed by atoms with Gasteiger partial charge in [0.2, 0.25) is 11.8 Å². The maximum absolute atomic E-state index is 12.9. The highest BCUT2D eigenvalue weighted by atomic mass is 32.1. The fourth-order valence-electron chi connectivity index (χ4n) is 3.29. The minimum Gasteiger partial charge on any atom is -0.348 e. The van der Waals surface area contributed by atoms with Crippen molar-refractivity contribution in [2.75, 3.05) is 6.54 Å². The number of carbonyl (C=O) groups is 2. The third-order valence-electron chi connectivity index (χ3n) is 4.79. The Hall–Kier alpha value is -2.69. The Morgan fingerprint density at radius 2 is 2.17 bits per heavy atom. The van der Waals surface area contributed by atoms with Crippen LogP contribution in [0.2, 0.25) is 0 Å². The van der Waals surface area contributed by atoms with E-state index >= 15 is 0 Å². The van der Waals surface area contributed by atoms with Crippen LogP contribution >= 0.6 is 12.2 Å². The number of halogens is 3. The van der Waals surface area contributed by atoms with Gasteiger partial charge in [-0.3, -0.25) is 14.7 Å². The third-order valence-corrected chi connectivity index (χ3v) is 5.10. The molecule has 156 valence electrons. The van der Waals surface area contributed by atoms with Gasteiger partial charge in [0.05, 0.1) is 18.0 Å². The lowest BCUT2D eigenvalue weighted by Crippen LogP contribution is -2.33. The molecule has 1 aliphatic heterocycles. The number of likely N-dealkylation sites (tertiary alicyclic amines) is 1. The van der Waals surface area contributed by atoms with Gasteiger partial charge in [0.15, 0.2) is 10.6 Å². The highest BCUT2D eigenvalue weighted by Gasteiger charge is 2.35. The summed E-state index contributed by atoms with van der Waals surface area (Å²) in [7, 11) is 0. The maximum Gasteiger partial charge on any atom is 0.416 e. The van der Waals surface area contributed by atoms with E-state index in [0.29, 0.717) is 22.7 Å². The summed E-state index contributed by atoms with van der Waals surface area (Å²) >= 11 is 5.09. The second kappa shape index (κ2) is 8.36. The molecule has 1 fully saturated rings. The molecule has 3 rings (SSSR count). The summed E-state index contributed by atoms with van der Waals surface area (Å²) in [5.41, 5.74) is -0.395. The van der Waals surface area contributed by atoms with Crippen molar-refractivity contribution in [1.82, 2.24) is 25.0 Å². The van der Waals surface area contributed by atoms with Crippen LogP contribution in [-0.4, -0.2) is 38.0 Å². The van der Waals surface area contributed by atoms with Crippen molar-refractivity contribution < 1.29 is 22.8 Å². The molecule has 1 aromatic heterocycles. The molecule has 1 saturated heterocycles. The molecule has 11 heteroatoms. The van der Waals surface area contributed by atoms with Crippen LogP contribution in [0.25, 0.3) is 0 Å². The summed E-state index contributed by atoms with van der Waals surface area (Å²) in [4.78, 5) is 26.1. The number of H-pyrrole nitrogens is 1. The van der Waals surface area contributed by atoms with Gasteiger partial charge in [-0.25, -0.2) is 0 Å². The van der Waals surface area contributed by atoms with Crippen LogP contribution in [0.15, 0.2) is 24.3 Å². The Morgan fingerprint density at radius 1 is 1.41 bits per heavy atom. The largest absolute Gasteiger partial charge is 0.416 e. The number of rotatable bonds is 6. The number of aromatic nitrogens is 3. The first-order chi connectivity index (χ1) is 13.7. The van der Waals surface area contributed by atoms with Gasteiger partial charge in [0.1, 0.15) is 0 Å². The monoisotopic (exact) mass is 427 g/mol. The summed E-state index contributed by atoms with van der Waals surface area (Å²) in [6.07, 6.45) is -4.43. The average Bonchev–Trinajstić information content (AvgIpc) is 3.21. The lowest BCUT2D eigenvalue weighted by atomic mass is 10.1. The summed E-state index contributed by atoms with van der Waals surface area (Å²) in [5, 5.41) is 9.47. The first-order valence-corrected chi connectivity index (χ1v) is 9.45. The van der Waals surface area contributed by atoms with E-state index in [2.05, 4.69) is 15.5 Å². The van der Waals surface area contributed by atoms with Gasteiger partial charge in [-0.1, -0.05) is 12.1 Å². The van der Waals surface area contributed by atoms with Crippen LogP contribution in [0.1, 0.15) is 30.3 Å². The van der Waals surface area contributed by atoms with Crippen LogP contribution in [0.5, 0.6) is 0 Å². The van der Waals surface area contributed by atoms with Gasteiger partial charge in [0.25, 0.3) is 0 Å². The smallest absolute Gasteiger partial charge is 0.348 e. The Labute approximate surface area is 169 Å². The van der Waals surface area contributed by atoms with Crippen molar-refractivity contribution in [1.29, 1.82) is 0 Å². The second-order valence-corrected chi connectivity index (χ2v) is 7.17. The highest BCUT2D eigenvalue weighted by molar-refractivity contribution is 7.71. The zero-order chi connectivity index (χ0) is 21.2. The average molecular weight is 427 g/mol. The molecule has 2 aromatic rings. The van der Waals surface area contributed by atoms with E-state index < -0.39 is 17.7 Å². The Bertz CT molecular complexity index is 969. The normalized spacial score (nSPS) is 17.0. The van der Waals surface area contributed by atoms with Crippen LogP contribution in [0, 0.1) is 10.7 Å². The lowest BCUT2D eigenvalue weighted by Gasteiger charge is -2.17. The molecular weight excluding hydrogens is 407 g/mol. The van der Waals surface area contributed by atoms with Crippen LogP contribution < -0.4 is 5.32 Å². The number of alkyl halides is 3. The summed E-state index contributed by atoms with van der Waals surface area (Å²) < 4.78 is 40.8. The van der Waals surface area contributed by atoms with E-state index in [4.69, 9.17) is 12.2 Å². The van der Waals surface area contributed by atoms with Gasteiger partial charge in [-0.2, -0.15) is 18.3 Å². The van der Waals surface area contributed by atoms with Gasteiger partial charge < -0.3 is 14.8 Å². The van der Waals surface area contributed by atoms with E-state index in [9.17, 15) is 22.8 Å². The fraction of sp³-hybridized carbons (Fsp3) is 0.444. The van der Waals surface area contributed by atoms with Crippen molar-refractivity contribution in [3.63, 3.8) is 0 Å². The van der Waals surface area contributed by atoms with Gasteiger partial charge in [-0.05, 0) is 36.8 Å². The van der Waals surface area contributed by atoms with Crippen molar-refractivity contribution in [3.05, 3.63) is 46.0 Å². The van der Waals surface area contributed by atoms with E-state index in [0.717, 1.165) is 12.1 Å².